The van der Waals surface area contributed by atoms with Crippen LogP contribution in [-0.4, -0.2) is 49.3 Å². The first-order valence-corrected chi connectivity index (χ1v) is 9.31. The number of amides is 1. The quantitative estimate of drug-likeness (QED) is 0.730. The van der Waals surface area contributed by atoms with Crippen LogP contribution in [0.15, 0.2) is 36.4 Å². The lowest BCUT2D eigenvalue weighted by Crippen LogP contribution is -2.36. The number of fused-ring (bicyclic) bond motifs is 1. The smallest absolute Gasteiger partial charge is 0.276 e. The van der Waals surface area contributed by atoms with Crippen molar-refractivity contribution in [2.75, 3.05) is 43.6 Å². The summed E-state index contributed by atoms with van der Waals surface area (Å²) in [4.78, 5) is 23.5. The molecule has 0 saturated carbocycles. The van der Waals surface area contributed by atoms with Gasteiger partial charge in [-0.15, -0.1) is 0 Å². The Morgan fingerprint density at radius 2 is 1.83 bits per heavy atom. The van der Waals surface area contributed by atoms with Gasteiger partial charge in [0.25, 0.3) is 5.91 Å². The molecule has 0 unspecified atom stereocenters. The van der Waals surface area contributed by atoms with Crippen molar-refractivity contribution in [2.45, 2.75) is 6.92 Å². The standard InChI is InChI=1S/C21H21FN4O3/c1-13-20(21(27)24-14-3-5-15(28-2)6-4-14)25-17-11-16(22)19(12-18(17)23-13)26-7-9-29-10-8-26/h3-6,11-12H,7-10H2,1-2H3,(H,24,27). The maximum absolute atomic E-state index is 14.7. The van der Waals surface area contributed by atoms with Crippen molar-refractivity contribution in [3.63, 3.8) is 0 Å². The summed E-state index contributed by atoms with van der Waals surface area (Å²) in [5, 5.41) is 2.78. The number of hydrogen-bond donors (Lipinski definition) is 1. The van der Waals surface area contributed by atoms with E-state index in [9.17, 15) is 9.18 Å². The number of carbonyl (C=O) groups is 1. The summed E-state index contributed by atoms with van der Waals surface area (Å²) < 4.78 is 25.1. The molecule has 0 bridgehead atoms. The second kappa shape index (κ2) is 8.00. The second-order valence-electron chi connectivity index (χ2n) is 6.73. The summed E-state index contributed by atoms with van der Waals surface area (Å²) in [6, 6.07) is 9.97. The summed E-state index contributed by atoms with van der Waals surface area (Å²) >= 11 is 0. The minimum absolute atomic E-state index is 0.159. The van der Waals surface area contributed by atoms with Crippen molar-refractivity contribution in [3.05, 3.63) is 53.6 Å². The fraction of sp³-hybridized carbons (Fsp3) is 0.286. The van der Waals surface area contributed by atoms with Crippen LogP contribution in [0.3, 0.4) is 0 Å². The first-order chi connectivity index (χ1) is 14.0. The number of rotatable bonds is 4. The molecular weight excluding hydrogens is 375 g/mol. The van der Waals surface area contributed by atoms with Crippen LogP contribution < -0.4 is 15.0 Å². The van der Waals surface area contributed by atoms with Crippen LogP contribution in [-0.2, 0) is 4.74 Å². The number of nitrogens with zero attached hydrogens (tertiary/aromatic N) is 3. The molecule has 150 valence electrons. The topological polar surface area (TPSA) is 76.6 Å². The molecular formula is C21H21FN4O3. The van der Waals surface area contributed by atoms with Gasteiger partial charge < -0.3 is 19.7 Å². The molecule has 1 N–H and O–H groups in total. The highest BCUT2D eigenvalue weighted by molar-refractivity contribution is 6.04. The molecule has 3 aromatic rings. The number of nitrogens with one attached hydrogen (secondary N) is 1. The van der Waals surface area contributed by atoms with Crippen LogP contribution in [0.4, 0.5) is 15.8 Å². The van der Waals surface area contributed by atoms with E-state index in [2.05, 4.69) is 15.3 Å². The maximum Gasteiger partial charge on any atom is 0.276 e. The second-order valence-corrected chi connectivity index (χ2v) is 6.73. The Balaban J connectivity index is 1.63. The number of halogens is 1. The molecule has 1 aromatic heterocycles. The van der Waals surface area contributed by atoms with Gasteiger partial charge in [0.05, 0.1) is 42.7 Å². The van der Waals surface area contributed by atoms with Crippen LogP contribution >= 0.6 is 0 Å². The SMILES string of the molecule is COc1ccc(NC(=O)c2nc3cc(F)c(N4CCOCC4)cc3nc2C)cc1. The highest BCUT2D eigenvalue weighted by Gasteiger charge is 2.19. The number of aromatic nitrogens is 2. The Labute approximate surface area is 167 Å². The highest BCUT2D eigenvalue weighted by Crippen LogP contribution is 2.26. The number of morpholine rings is 1. The molecule has 4 rings (SSSR count). The Morgan fingerprint density at radius 1 is 1.14 bits per heavy atom. The van der Waals surface area contributed by atoms with Crippen molar-refractivity contribution < 1.29 is 18.7 Å². The van der Waals surface area contributed by atoms with E-state index in [1.54, 1.807) is 44.4 Å². The predicted molar refractivity (Wildman–Crippen MR) is 108 cm³/mol. The maximum atomic E-state index is 14.7. The molecule has 2 heterocycles. The van der Waals surface area contributed by atoms with E-state index in [0.29, 0.717) is 60.2 Å². The number of carbonyl (C=O) groups excluding carboxylic acids is 1. The molecule has 1 saturated heterocycles. The number of aryl methyl sites for hydroxylation is 1. The Morgan fingerprint density at radius 3 is 2.52 bits per heavy atom. The van der Waals surface area contributed by atoms with E-state index in [-0.39, 0.29) is 11.5 Å². The van der Waals surface area contributed by atoms with Gasteiger partial charge in [0.2, 0.25) is 0 Å². The molecule has 8 heteroatoms. The van der Waals surface area contributed by atoms with Crippen molar-refractivity contribution >= 4 is 28.3 Å². The van der Waals surface area contributed by atoms with Crippen LogP contribution in [0.25, 0.3) is 11.0 Å². The van der Waals surface area contributed by atoms with Gasteiger partial charge in [0.15, 0.2) is 0 Å². The summed E-state index contributed by atoms with van der Waals surface area (Å²) in [6.45, 7) is 4.08. The van der Waals surface area contributed by atoms with Gasteiger partial charge in [-0.1, -0.05) is 0 Å². The minimum Gasteiger partial charge on any atom is -0.497 e. The van der Waals surface area contributed by atoms with Gasteiger partial charge in [-0.05, 0) is 37.3 Å². The number of methoxy groups -OCH3 is 1. The summed E-state index contributed by atoms with van der Waals surface area (Å²) in [7, 11) is 1.57. The largest absolute Gasteiger partial charge is 0.497 e. The van der Waals surface area contributed by atoms with Gasteiger partial charge in [0, 0.05) is 24.8 Å². The zero-order valence-corrected chi connectivity index (χ0v) is 16.2. The van der Waals surface area contributed by atoms with Crippen molar-refractivity contribution in [3.8, 4) is 5.75 Å². The lowest BCUT2D eigenvalue weighted by Gasteiger charge is -2.29. The molecule has 1 fully saturated rings. The molecule has 1 aliphatic heterocycles. The molecule has 29 heavy (non-hydrogen) atoms. The molecule has 0 aliphatic carbocycles. The number of hydrogen-bond acceptors (Lipinski definition) is 6. The Hall–Kier alpha value is -3.26. The van der Waals surface area contributed by atoms with Gasteiger partial charge >= 0.3 is 0 Å². The van der Waals surface area contributed by atoms with Crippen molar-refractivity contribution in [1.82, 2.24) is 9.97 Å². The van der Waals surface area contributed by atoms with Crippen molar-refractivity contribution in [1.29, 1.82) is 0 Å². The van der Waals surface area contributed by atoms with Crippen LogP contribution in [0.5, 0.6) is 5.75 Å². The fourth-order valence-corrected chi connectivity index (χ4v) is 3.28. The molecule has 0 atom stereocenters. The minimum atomic E-state index is -0.403. The third-order valence-corrected chi connectivity index (χ3v) is 4.82. The number of benzene rings is 2. The third kappa shape index (κ3) is 3.97. The average molecular weight is 396 g/mol. The molecule has 2 aromatic carbocycles. The number of anilines is 2. The first-order valence-electron chi connectivity index (χ1n) is 9.31. The molecule has 1 aliphatic rings. The van der Waals surface area contributed by atoms with E-state index in [1.165, 1.54) is 6.07 Å². The molecule has 0 radical (unpaired) electrons. The first kappa shape index (κ1) is 19.1. The van der Waals surface area contributed by atoms with Gasteiger partial charge in [0.1, 0.15) is 17.3 Å². The third-order valence-electron chi connectivity index (χ3n) is 4.82. The molecule has 0 spiro atoms. The van der Waals surface area contributed by atoms with E-state index in [0.717, 1.165) is 0 Å². The summed E-state index contributed by atoms with van der Waals surface area (Å²) in [5.74, 6) is -0.102. The van der Waals surface area contributed by atoms with Gasteiger partial charge in [-0.3, -0.25) is 4.79 Å². The van der Waals surface area contributed by atoms with E-state index < -0.39 is 5.91 Å². The van der Waals surface area contributed by atoms with E-state index in [1.807, 2.05) is 4.90 Å². The van der Waals surface area contributed by atoms with Crippen molar-refractivity contribution in [2.24, 2.45) is 0 Å². The lowest BCUT2D eigenvalue weighted by atomic mass is 10.2. The van der Waals surface area contributed by atoms with Gasteiger partial charge in [-0.2, -0.15) is 0 Å². The predicted octanol–water partition coefficient (Wildman–Crippen LogP) is 3.17. The van der Waals surface area contributed by atoms with Crippen LogP contribution in [0.1, 0.15) is 16.2 Å². The monoisotopic (exact) mass is 396 g/mol. The zero-order valence-electron chi connectivity index (χ0n) is 16.2. The Bertz CT molecular complexity index is 1050. The highest BCUT2D eigenvalue weighted by atomic mass is 19.1. The van der Waals surface area contributed by atoms with Gasteiger partial charge in [-0.25, -0.2) is 14.4 Å². The molecule has 7 nitrogen and oxygen atoms in total. The normalized spacial score (nSPS) is 14.1. The van der Waals surface area contributed by atoms with E-state index in [4.69, 9.17) is 9.47 Å². The Kier molecular flexibility index (Phi) is 5.26. The van der Waals surface area contributed by atoms with Crippen LogP contribution in [0, 0.1) is 12.7 Å². The number of ether oxygens (including phenoxy) is 2. The molecule has 1 amide bonds. The fourth-order valence-electron chi connectivity index (χ4n) is 3.28. The average Bonchev–Trinajstić information content (AvgIpc) is 2.74. The van der Waals surface area contributed by atoms with E-state index >= 15 is 0 Å². The summed E-state index contributed by atoms with van der Waals surface area (Å²) in [6.07, 6.45) is 0. The zero-order chi connectivity index (χ0) is 20.4. The lowest BCUT2D eigenvalue weighted by molar-refractivity contribution is 0.102. The van der Waals surface area contributed by atoms with Crippen LogP contribution in [0.2, 0.25) is 0 Å². The summed E-state index contributed by atoms with van der Waals surface area (Å²) in [5.41, 5.74) is 2.60.